The zero-order valence-electron chi connectivity index (χ0n) is 6.10. The largest absolute Gasteiger partial charge is 0.490 e. The van der Waals surface area contributed by atoms with E-state index in [4.69, 9.17) is 11.5 Å². The summed E-state index contributed by atoms with van der Waals surface area (Å²) in [5, 5.41) is 0. The summed E-state index contributed by atoms with van der Waals surface area (Å²) in [4.78, 5) is 10.1. The van der Waals surface area contributed by atoms with Crippen molar-refractivity contribution in [2.45, 2.75) is 18.8 Å². The van der Waals surface area contributed by atoms with Crippen LogP contribution in [0.5, 0.6) is 0 Å². The highest BCUT2D eigenvalue weighted by Crippen LogP contribution is 2.16. The molecule has 72 valence electrons. The maximum absolute atomic E-state index is 11.5. The van der Waals surface area contributed by atoms with Gasteiger partial charge in [-0.05, 0) is 6.54 Å². The Labute approximate surface area is 66.7 Å². The summed E-state index contributed by atoms with van der Waals surface area (Å²) in [6.07, 6.45) is -6.28. The van der Waals surface area contributed by atoms with Crippen LogP contribution >= 0.6 is 0 Å². The second kappa shape index (κ2) is 4.27. The fraction of sp³-hybridized carbons (Fsp3) is 0.800. The van der Waals surface area contributed by atoms with Crippen molar-refractivity contribution in [3.8, 4) is 0 Å². The quantitative estimate of drug-likeness (QED) is 0.469. The minimum Gasteiger partial charge on any atom is -0.440 e. The number of carbonyl (C=O) groups excluding carboxylic acids is 1. The Morgan fingerprint density at radius 2 is 2.00 bits per heavy atom. The summed E-state index contributed by atoms with van der Waals surface area (Å²) >= 11 is 0. The van der Waals surface area contributed by atoms with Gasteiger partial charge in [-0.1, -0.05) is 0 Å². The minimum atomic E-state index is -4.99. The van der Waals surface area contributed by atoms with Gasteiger partial charge in [0, 0.05) is 6.42 Å². The SMILES string of the molecule is NCCC(N)OC(=O)C(F)(F)F. The number of esters is 1. The van der Waals surface area contributed by atoms with Gasteiger partial charge in [0.2, 0.25) is 0 Å². The molecule has 0 fully saturated rings. The first kappa shape index (κ1) is 11.2. The minimum absolute atomic E-state index is 0.00181. The van der Waals surface area contributed by atoms with Gasteiger partial charge in [0.25, 0.3) is 0 Å². The van der Waals surface area contributed by atoms with Crippen molar-refractivity contribution in [3.05, 3.63) is 0 Å². The van der Waals surface area contributed by atoms with E-state index in [1.807, 2.05) is 0 Å². The molecule has 12 heavy (non-hydrogen) atoms. The molecule has 0 aromatic rings. The molecule has 0 aliphatic carbocycles. The standard InChI is InChI=1S/C5H9F3N2O2/c6-5(7,8)4(11)12-3(10)1-2-9/h3H,1-2,9-10H2. The molecular weight excluding hydrogens is 177 g/mol. The van der Waals surface area contributed by atoms with Gasteiger partial charge in [-0.15, -0.1) is 0 Å². The Hall–Kier alpha value is -0.820. The zero-order valence-corrected chi connectivity index (χ0v) is 6.10. The molecule has 0 aromatic carbocycles. The summed E-state index contributed by atoms with van der Waals surface area (Å²) in [5.74, 6) is -2.29. The molecule has 7 heteroatoms. The maximum Gasteiger partial charge on any atom is 0.490 e. The van der Waals surface area contributed by atoms with Gasteiger partial charge in [0.1, 0.15) is 0 Å². The Morgan fingerprint density at radius 3 is 2.33 bits per heavy atom. The second-order valence-corrected chi connectivity index (χ2v) is 2.02. The molecule has 4 nitrogen and oxygen atoms in total. The first-order chi connectivity index (χ1) is 5.38. The molecule has 0 saturated carbocycles. The van der Waals surface area contributed by atoms with Crippen molar-refractivity contribution in [3.63, 3.8) is 0 Å². The van der Waals surface area contributed by atoms with Crippen LogP contribution in [0.1, 0.15) is 6.42 Å². The molecular formula is C5H9F3N2O2. The Balaban J connectivity index is 3.85. The highest BCUT2D eigenvalue weighted by atomic mass is 19.4. The van der Waals surface area contributed by atoms with E-state index in [2.05, 4.69) is 4.74 Å². The lowest BCUT2D eigenvalue weighted by atomic mass is 10.4. The van der Waals surface area contributed by atoms with E-state index in [-0.39, 0.29) is 13.0 Å². The number of hydrogen-bond acceptors (Lipinski definition) is 4. The number of halogens is 3. The summed E-state index contributed by atoms with van der Waals surface area (Å²) in [5.41, 5.74) is 9.92. The van der Waals surface area contributed by atoms with Crippen LogP contribution in [0.15, 0.2) is 0 Å². The fourth-order valence-electron chi connectivity index (χ4n) is 0.427. The van der Waals surface area contributed by atoms with Crippen LogP contribution in [0.2, 0.25) is 0 Å². The van der Waals surface area contributed by atoms with Crippen molar-refractivity contribution in [2.75, 3.05) is 6.54 Å². The molecule has 0 bridgehead atoms. The number of alkyl halides is 3. The lowest BCUT2D eigenvalue weighted by Crippen LogP contribution is -2.35. The molecule has 0 radical (unpaired) electrons. The van der Waals surface area contributed by atoms with Gasteiger partial charge < -0.3 is 10.5 Å². The average molecular weight is 186 g/mol. The van der Waals surface area contributed by atoms with Crippen LogP contribution in [0.3, 0.4) is 0 Å². The lowest BCUT2D eigenvalue weighted by molar-refractivity contribution is -0.204. The molecule has 0 aromatic heterocycles. The van der Waals surface area contributed by atoms with Gasteiger partial charge >= 0.3 is 12.1 Å². The van der Waals surface area contributed by atoms with Gasteiger partial charge in [0.15, 0.2) is 6.23 Å². The summed E-state index contributed by atoms with van der Waals surface area (Å²) in [6, 6.07) is 0. The second-order valence-electron chi connectivity index (χ2n) is 2.02. The number of ether oxygens (including phenoxy) is 1. The number of carbonyl (C=O) groups is 1. The summed E-state index contributed by atoms with van der Waals surface area (Å²) < 4.78 is 38.3. The molecule has 0 amide bonds. The third-order valence-electron chi connectivity index (χ3n) is 0.941. The van der Waals surface area contributed by atoms with Crippen LogP contribution < -0.4 is 11.5 Å². The van der Waals surface area contributed by atoms with Crippen LogP contribution in [-0.4, -0.2) is 24.9 Å². The third kappa shape index (κ3) is 4.14. The van der Waals surface area contributed by atoms with Crippen molar-refractivity contribution in [1.82, 2.24) is 0 Å². The van der Waals surface area contributed by atoms with Crippen molar-refractivity contribution < 1.29 is 22.7 Å². The Bertz CT molecular complexity index is 159. The van der Waals surface area contributed by atoms with E-state index in [0.717, 1.165) is 0 Å². The summed E-state index contributed by atoms with van der Waals surface area (Å²) in [7, 11) is 0. The monoisotopic (exact) mass is 186 g/mol. The molecule has 0 heterocycles. The summed E-state index contributed by atoms with van der Waals surface area (Å²) in [6.45, 7) is 0.0618. The zero-order chi connectivity index (χ0) is 9.78. The van der Waals surface area contributed by atoms with Gasteiger partial charge in [-0.25, -0.2) is 4.79 Å². The predicted octanol–water partition coefficient (Wildman–Crippen LogP) is -0.274. The maximum atomic E-state index is 11.5. The third-order valence-corrected chi connectivity index (χ3v) is 0.941. The van der Waals surface area contributed by atoms with Gasteiger partial charge in [-0.3, -0.25) is 5.73 Å². The average Bonchev–Trinajstić information content (AvgIpc) is 1.85. The molecule has 0 spiro atoms. The molecule has 1 unspecified atom stereocenters. The van der Waals surface area contributed by atoms with E-state index < -0.39 is 18.4 Å². The van der Waals surface area contributed by atoms with Gasteiger partial charge in [-0.2, -0.15) is 13.2 Å². The van der Waals surface area contributed by atoms with E-state index in [0.29, 0.717) is 0 Å². The van der Waals surface area contributed by atoms with Crippen LogP contribution in [-0.2, 0) is 9.53 Å². The molecule has 4 N–H and O–H groups in total. The molecule has 0 rings (SSSR count). The topological polar surface area (TPSA) is 78.3 Å². The molecule has 0 aliphatic heterocycles. The predicted molar refractivity (Wildman–Crippen MR) is 33.8 cm³/mol. The van der Waals surface area contributed by atoms with E-state index in [1.165, 1.54) is 0 Å². The normalized spacial score (nSPS) is 14.1. The highest BCUT2D eigenvalue weighted by molar-refractivity contribution is 5.75. The van der Waals surface area contributed by atoms with Crippen LogP contribution in [0.25, 0.3) is 0 Å². The Kier molecular flexibility index (Phi) is 3.98. The number of rotatable bonds is 3. The molecule has 1 atom stereocenters. The van der Waals surface area contributed by atoms with Crippen molar-refractivity contribution in [1.29, 1.82) is 0 Å². The van der Waals surface area contributed by atoms with Crippen LogP contribution in [0, 0.1) is 0 Å². The molecule has 0 saturated heterocycles. The van der Waals surface area contributed by atoms with Crippen LogP contribution in [0.4, 0.5) is 13.2 Å². The number of nitrogens with two attached hydrogens (primary N) is 2. The Morgan fingerprint density at radius 1 is 1.50 bits per heavy atom. The van der Waals surface area contributed by atoms with E-state index in [1.54, 1.807) is 0 Å². The van der Waals surface area contributed by atoms with E-state index in [9.17, 15) is 18.0 Å². The van der Waals surface area contributed by atoms with Crippen molar-refractivity contribution >= 4 is 5.97 Å². The highest BCUT2D eigenvalue weighted by Gasteiger charge is 2.41. The number of hydrogen-bond donors (Lipinski definition) is 2. The first-order valence-corrected chi connectivity index (χ1v) is 3.11. The smallest absolute Gasteiger partial charge is 0.440 e. The fourth-order valence-corrected chi connectivity index (χ4v) is 0.427. The molecule has 0 aliphatic rings. The lowest BCUT2D eigenvalue weighted by Gasteiger charge is -2.12. The van der Waals surface area contributed by atoms with Crippen molar-refractivity contribution in [2.24, 2.45) is 11.5 Å². The van der Waals surface area contributed by atoms with E-state index >= 15 is 0 Å². The van der Waals surface area contributed by atoms with Gasteiger partial charge in [0.05, 0.1) is 0 Å². The first-order valence-electron chi connectivity index (χ1n) is 3.11.